The van der Waals surface area contributed by atoms with E-state index in [-0.39, 0.29) is 64.5 Å². The first-order valence-electron chi connectivity index (χ1n) is 6.14. The predicted molar refractivity (Wildman–Crippen MR) is 62.7 cm³/mol. The van der Waals surface area contributed by atoms with Crippen LogP contribution in [-0.4, -0.2) is 37.7 Å². The zero-order valence-corrected chi connectivity index (χ0v) is 15.2. The topological polar surface area (TPSA) is 57.2 Å². The van der Waals surface area contributed by atoms with Gasteiger partial charge < -0.3 is 4.55 Å². The molecule has 0 spiro atoms. The summed E-state index contributed by atoms with van der Waals surface area (Å²) in [5, 5.41) is 0. The number of rotatable bonds is 11. The van der Waals surface area contributed by atoms with Gasteiger partial charge in [0, 0.05) is 0 Å². The van der Waals surface area contributed by atoms with Crippen LogP contribution in [0.2, 0.25) is 0 Å². The fourth-order valence-electron chi connectivity index (χ4n) is 1.62. The normalized spacial score (nSPS) is 14.7. The fraction of sp³-hybridized carbons (Fsp3) is 1.00. The molecule has 0 aliphatic carbocycles. The van der Waals surface area contributed by atoms with Crippen molar-refractivity contribution < 1.29 is 77.5 Å². The SMILES string of the molecule is O=S(=O)([O-])CC(F)C(F)CCCCCCCCF.[K+]. The molecule has 0 bridgehead atoms. The van der Waals surface area contributed by atoms with Gasteiger partial charge >= 0.3 is 51.4 Å². The van der Waals surface area contributed by atoms with E-state index >= 15 is 0 Å². The minimum atomic E-state index is -4.71. The Kier molecular flexibility index (Phi) is 15.5. The molecule has 0 N–H and O–H groups in total. The van der Waals surface area contributed by atoms with E-state index in [9.17, 15) is 26.1 Å². The van der Waals surface area contributed by atoms with E-state index in [0.717, 1.165) is 19.3 Å². The first-order chi connectivity index (χ1) is 8.37. The zero-order chi connectivity index (χ0) is 14.0. The first kappa shape index (κ1) is 22.6. The van der Waals surface area contributed by atoms with Crippen LogP contribution in [0.15, 0.2) is 0 Å². The molecule has 0 heterocycles. The number of alkyl halides is 3. The van der Waals surface area contributed by atoms with Gasteiger partial charge in [-0.15, -0.1) is 0 Å². The van der Waals surface area contributed by atoms with Gasteiger partial charge in [-0.3, -0.25) is 4.39 Å². The van der Waals surface area contributed by atoms with Crippen molar-refractivity contribution >= 4 is 10.1 Å². The van der Waals surface area contributed by atoms with Crippen molar-refractivity contribution in [3.63, 3.8) is 0 Å². The van der Waals surface area contributed by atoms with E-state index in [4.69, 9.17) is 0 Å². The van der Waals surface area contributed by atoms with E-state index in [1.54, 1.807) is 0 Å². The van der Waals surface area contributed by atoms with Gasteiger partial charge in [0.2, 0.25) is 0 Å². The van der Waals surface area contributed by atoms with Crippen LogP contribution in [0.25, 0.3) is 0 Å². The smallest absolute Gasteiger partial charge is 0.748 e. The molecule has 0 radical (unpaired) electrons. The van der Waals surface area contributed by atoms with Gasteiger partial charge in [0.1, 0.15) is 12.3 Å². The van der Waals surface area contributed by atoms with Crippen LogP contribution in [0.3, 0.4) is 0 Å². The average molecular weight is 328 g/mol. The number of hydrogen-bond donors (Lipinski definition) is 0. The summed E-state index contributed by atoms with van der Waals surface area (Å²) >= 11 is 0. The van der Waals surface area contributed by atoms with E-state index in [1.165, 1.54) is 0 Å². The van der Waals surface area contributed by atoms with Crippen LogP contribution in [0, 0.1) is 0 Å². The molecule has 3 nitrogen and oxygen atoms in total. The zero-order valence-electron chi connectivity index (χ0n) is 11.3. The second kappa shape index (κ2) is 13.0. The van der Waals surface area contributed by atoms with Crippen molar-refractivity contribution in [2.45, 2.75) is 57.3 Å². The monoisotopic (exact) mass is 328 g/mol. The van der Waals surface area contributed by atoms with Gasteiger partial charge in [-0.2, -0.15) is 0 Å². The molecule has 0 aromatic rings. The van der Waals surface area contributed by atoms with Crippen molar-refractivity contribution in [1.29, 1.82) is 0 Å². The Balaban J connectivity index is 0. The van der Waals surface area contributed by atoms with Gasteiger partial charge in [-0.1, -0.05) is 32.1 Å². The number of unbranched alkanes of at least 4 members (excludes halogenated alkanes) is 5. The van der Waals surface area contributed by atoms with Crippen LogP contribution in [0.5, 0.6) is 0 Å². The maximum Gasteiger partial charge on any atom is 1.00 e. The van der Waals surface area contributed by atoms with Crippen LogP contribution in [-0.2, 0) is 10.1 Å². The Labute approximate surface area is 155 Å². The number of halogens is 3. The van der Waals surface area contributed by atoms with Gasteiger partial charge in [-0.05, 0) is 12.8 Å². The molecule has 0 aliphatic heterocycles. The maximum atomic E-state index is 13.1. The molecule has 19 heavy (non-hydrogen) atoms. The Morgan fingerprint density at radius 2 is 1.37 bits per heavy atom. The first-order valence-corrected chi connectivity index (χ1v) is 7.72. The molecule has 0 amide bonds. The van der Waals surface area contributed by atoms with E-state index in [2.05, 4.69) is 0 Å². The third-order valence-corrected chi connectivity index (χ3v) is 3.35. The molecule has 0 saturated heterocycles. The molecule has 2 unspecified atom stereocenters. The second-order valence-electron chi connectivity index (χ2n) is 4.36. The van der Waals surface area contributed by atoms with Crippen molar-refractivity contribution in [3.8, 4) is 0 Å². The molecule has 8 heteroatoms. The molecule has 0 saturated carbocycles. The van der Waals surface area contributed by atoms with Gasteiger partial charge in [-0.25, -0.2) is 17.2 Å². The minimum Gasteiger partial charge on any atom is -0.748 e. The van der Waals surface area contributed by atoms with Crippen LogP contribution in [0.1, 0.15) is 44.9 Å². The summed E-state index contributed by atoms with van der Waals surface area (Å²) in [6, 6.07) is 0. The van der Waals surface area contributed by atoms with E-state index in [1.807, 2.05) is 0 Å². The van der Waals surface area contributed by atoms with Crippen LogP contribution < -0.4 is 51.4 Å². The summed E-state index contributed by atoms with van der Waals surface area (Å²) in [4.78, 5) is 0. The Bertz CT molecular complexity index is 302. The van der Waals surface area contributed by atoms with Crippen molar-refractivity contribution in [2.75, 3.05) is 12.4 Å². The van der Waals surface area contributed by atoms with Crippen molar-refractivity contribution in [2.24, 2.45) is 0 Å². The second-order valence-corrected chi connectivity index (χ2v) is 5.80. The minimum absolute atomic E-state index is 0. The van der Waals surface area contributed by atoms with Gasteiger partial charge in [0.05, 0.1) is 22.5 Å². The van der Waals surface area contributed by atoms with Crippen molar-refractivity contribution in [1.82, 2.24) is 0 Å². The van der Waals surface area contributed by atoms with Crippen LogP contribution >= 0.6 is 0 Å². The summed E-state index contributed by atoms with van der Waals surface area (Å²) in [6.45, 7) is -0.334. The third kappa shape index (κ3) is 15.5. The summed E-state index contributed by atoms with van der Waals surface area (Å²) in [7, 11) is -4.71. The summed E-state index contributed by atoms with van der Waals surface area (Å²) < 4.78 is 68.5. The Morgan fingerprint density at radius 3 is 1.84 bits per heavy atom. The van der Waals surface area contributed by atoms with Gasteiger partial charge in [0.15, 0.2) is 0 Å². The van der Waals surface area contributed by atoms with Gasteiger partial charge in [0.25, 0.3) is 0 Å². The predicted octanol–water partition coefficient (Wildman–Crippen LogP) is -0.0880. The summed E-state index contributed by atoms with van der Waals surface area (Å²) in [6.07, 6.45) is -0.0914. The fourth-order valence-corrected chi connectivity index (χ4v) is 2.22. The molecular formula is C11H20F3KO3S. The molecule has 0 fully saturated rings. The molecular weight excluding hydrogens is 308 g/mol. The van der Waals surface area contributed by atoms with E-state index < -0.39 is 28.2 Å². The number of hydrogen-bond acceptors (Lipinski definition) is 3. The van der Waals surface area contributed by atoms with Crippen molar-refractivity contribution in [3.05, 3.63) is 0 Å². The van der Waals surface area contributed by atoms with E-state index in [0.29, 0.717) is 19.3 Å². The standard InChI is InChI=1S/C11H21F3O3S.K/c12-8-6-4-2-1-3-5-7-10(13)11(14)9-18(15,16)17;/h10-11H,1-9H2,(H,15,16,17);/q;+1/p-1. The quantitative estimate of drug-likeness (QED) is 0.303. The molecule has 0 aromatic carbocycles. The molecule has 0 rings (SSSR count). The summed E-state index contributed by atoms with van der Waals surface area (Å²) in [5.41, 5.74) is 0. The maximum absolute atomic E-state index is 13.1. The molecule has 0 aliphatic rings. The molecule has 110 valence electrons. The molecule has 2 atom stereocenters. The largest absolute Gasteiger partial charge is 1.00 e. The van der Waals surface area contributed by atoms with Crippen LogP contribution in [0.4, 0.5) is 13.2 Å². The Hall–Kier alpha value is 1.34. The Morgan fingerprint density at radius 1 is 0.895 bits per heavy atom. The molecule has 0 aromatic heterocycles. The average Bonchev–Trinajstić information content (AvgIpc) is 2.25. The summed E-state index contributed by atoms with van der Waals surface area (Å²) in [5.74, 6) is -1.30. The third-order valence-electron chi connectivity index (χ3n) is 2.62.